The average Bonchev–Trinajstić information content (AvgIpc) is 2.27. The maximum atomic E-state index is 13.4. The molecule has 0 spiro atoms. The van der Waals surface area contributed by atoms with E-state index in [9.17, 15) is 18.0 Å². The highest BCUT2D eigenvalue weighted by Crippen LogP contribution is 2.32. The fourth-order valence-corrected chi connectivity index (χ4v) is 1.64. The number of carbonyl (C=O) groups is 1. The minimum Gasteiger partial charge on any atom is -0.469 e. The Bertz CT molecular complexity index is 424. The van der Waals surface area contributed by atoms with Crippen LogP contribution in [0.2, 0.25) is 0 Å². The highest BCUT2D eigenvalue weighted by Gasteiger charge is 2.20. The van der Waals surface area contributed by atoms with Crippen LogP contribution in [0.5, 0.6) is 5.75 Å². The summed E-state index contributed by atoms with van der Waals surface area (Å²) in [5, 5.41) is 0. The molecule has 0 fully saturated rings. The maximum Gasteiger partial charge on any atom is 0.387 e. The van der Waals surface area contributed by atoms with E-state index in [0.29, 0.717) is 0 Å². The van der Waals surface area contributed by atoms with Crippen LogP contribution in [0.4, 0.5) is 13.2 Å². The largest absolute Gasteiger partial charge is 0.469 e. The zero-order valence-corrected chi connectivity index (χ0v) is 10.3. The first kappa shape index (κ1) is 13.8. The van der Waals surface area contributed by atoms with E-state index in [2.05, 4.69) is 25.4 Å². The van der Waals surface area contributed by atoms with Gasteiger partial charge in [0.2, 0.25) is 0 Å². The zero-order chi connectivity index (χ0) is 13.0. The number of esters is 1. The van der Waals surface area contributed by atoms with E-state index in [1.54, 1.807) is 0 Å². The molecule has 94 valence electrons. The van der Waals surface area contributed by atoms with Crippen LogP contribution in [-0.2, 0) is 16.0 Å². The van der Waals surface area contributed by atoms with Crippen LogP contribution in [0.15, 0.2) is 16.6 Å². The first-order valence-corrected chi connectivity index (χ1v) is 5.23. The molecule has 0 aliphatic carbocycles. The highest BCUT2D eigenvalue weighted by atomic mass is 79.9. The molecule has 0 atom stereocenters. The normalized spacial score (nSPS) is 10.5. The average molecular weight is 313 g/mol. The predicted molar refractivity (Wildman–Crippen MR) is 56.5 cm³/mol. The summed E-state index contributed by atoms with van der Waals surface area (Å²) in [6, 6.07) is 2.26. The van der Waals surface area contributed by atoms with Crippen LogP contribution in [0.25, 0.3) is 0 Å². The summed E-state index contributed by atoms with van der Waals surface area (Å²) in [5.41, 5.74) is -0.272. The van der Waals surface area contributed by atoms with Crippen LogP contribution >= 0.6 is 15.9 Å². The molecule has 0 radical (unpaired) electrons. The van der Waals surface area contributed by atoms with E-state index in [0.717, 1.165) is 13.2 Å². The number of rotatable bonds is 4. The molecule has 0 saturated carbocycles. The number of hydrogen-bond donors (Lipinski definition) is 0. The Hall–Kier alpha value is -1.24. The second-order valence-corrected chi connectivity index (χ2v) is 3.82. The number of methoxy groups -OCH3 is 1. The molecule has 0 N–H and O–H groups in total. The third-order valence-electron chi connectivity index (χ3n) is 1.91. The second kappa shape index (κ2) is 5.90. The van der Waals surface area contributed by atoms with Crippen molar-refractivity contribution in [3.63, 3.8) is 0 Å². The quantitative estimate of drug-likeness (QED) is 0.802. The van der Waals surface area contributed by atoms with Gasteiger partial charge in [-0.3, -0.25) is 4.79 Å². The smallest absolute Gasteiger partial charge is 0.387 e. The summed E-state index contributed by atoms with van der Waals surface area (Å²) in [7, 11) is 1.12. The Labute approximate surface area is 104 Å². The SMILES string of the molecule is COC(=O)Cc1c(F)ccc(Br)c1OC(F)F. The number of ether oxygens (including phenoxy) is 2. The lowest BCUT2D eigenvalue weighted by Gasteiger charge is -2.12. The van der Waals surface area contributed by atoms with Crippen molar-refractivity contribution >= 4 is 21.9 Å². The summed E-state index contributed by atoms with van der Waals surface area (Å²) < 4.78 is 46.4. The van der Waals surface area contributed by atoms with Gasteiger partial charge in [-0.25, -0.2) is 4.39 Å². The molecule has 1 rings (SSSR count). The summed E-state index contributed by atoms with van der Waals surface area (Å²) in [6.07, 6.45) is -0.482. The monoisotopic (exact) mass is 312 g/mol. The minimum absolute atomic E-state index is 0.137. The topological polar surface area (TPSA) is 35.5 Å². The second-order valence-electron chi connectivity index (χ2n) is 2.97. The lowest BCUT2D eigenvalue weighted by molar-refractivity contribution is -0.140. The zero-order valence-electron chi connectivity index (χ0n) is 8.68. The Morgan fingerprint density at radius 3 is 2.65 bits per heavy atom. The Morgan fingerprint density at radius 1 is 1.47 bits per heavy atom. The lowest BCUT2D eigenvalue weighted by Crippen LogP contribution is -2.11. The fraction of sp³-hybridized carbons (Fsp3) is 0.300. The molecule has 0 heterocycles. The van der Waals surface area contributed by atoms with E-state index in [1.807, 2.05) is 0 Å². The van der Waals surface area contributed by atoms with Gasteiger partial charge >= 0.3 is 12.6 Å². The van der Waals surface area contributed by atoms with E-state index < -0.39 is 30.6 Å². The highest BCUT2D eigenvalue weighted by molar-refractivity contribution is 9.10. The Morgan fingerprint density at radius 2 is 2.12 bits per heavy atom. The standard InChI is InChI=1S/C10H8BrF3O3/c1-16-8(15)4-5-7(12)3-2-6(11)9(5)17-10(13)14/h2-3,10H,4H2,1H3. The third-order valence-corrected chi connectivity index (χ3v) is 2.54. The van der Waals surface area contributed by atoms with Gasteiger partial charge in [-0.2, -0.15) is 8.78 Å². The van der Waals surface area contributed by atoms with Crippen LogP contribution in [0, 0.1) is 5.82 Å². The van der Waals surface area contributed by atoms with Crippen molar-refractivity contribution in [2.45, 2.75) is 13.0 Å². The fourth-order valence-electron chi connectivity index (χ4n) is 1.17. The van der Waals surface area contributed by atoms with Crippen LogP contribution in [0.3, 0.4) is 0 Å². The molecular formula is C10H8BrF3O3. The van der Waals surface area contributed by atoms with Gasteiger partial charge < -0.3 is 9.47 Å². The van der Waals surface area contributed by atoms with Gasteiger partial charge in [-0.05, 0) is 28.1 Å². The molecule has 1 aromatic carbocycles. The number of carbonyl (C=O) groups excluding carboxylic acids is 1. The van der Waals surface area contributed by atoms with Gasteiger partial charge in [0.1, 0.15) is 11.6 Å². The van der Waals surface area contributed by atoms with Crippen molar-refractivity contribution in [3.8, 4) is 5.75 Å². The summed E-state index contributed by atoms with van der Waals surface area (Å²) in [4.78, 5) is 11.0. The minimum atomic E-state index is -3.11. The Balaban J connectivity index is 3.14. The van der Waals surface area contributed by atoms with E-state index >= 15 is 0 Å². The van der Waals surface area contributed by atoms with Gasteiger partial charge in [0.25, 0.3) is 0 Å². The molecule has 0 unspecified atom stereocenters. The molecule has 3 nitrogen and oxygen atoms in total. The van der Waals surface area contributed by atoms with E-state index in [4.69, 9.17) is 0 Å². The first-order valence-electron chi connectivity index (χ1n) is 4.44. The molecule has 0 aromatic heterocycles. The molecule has 0 aliphatic heterocycles. The maximum absolute atomic E-state index is 13.4. The van der Waals surface area contributed by atoms with Gasteiger partial charge in [-0.15, -0.1) is 0 Å². The van der Waals surface area contributed by atoms with Crippen molar-refractivity contribution in [1.29, 1.82) is 0 Å². The van der Waals surface area contributed by atoms with Gasteiger partial charge in [0.05, 0.1) is 18.0 Å². The van der Waals surface area contributed by atoms with Gasteiger partial charge in [-0.1, -0.05) is 0 Å². The van der Waals surface area contributed by atoms with Crippen molar-refractivity contribution in [3.05, 3.63) is 28.0 Å². The molecule has 7 heteroatoms. The van der Waals surface area contributed by atoms with Crippen molar-refractivity contribution in [2.24, 2.45) is 0 Å². The third kappa shape index (κ3) is 3.62. The molecule has 0 aliphatic rings. The van der Waals surface area contributed by atoms with E-state index in [1.165, 1.54) is 6.07 Å². The first-order chi connectivity index (χ1) is 7.95. The van der Waals surface area contributed by atoms with Gasteiger partial charge in [0, 0.05) is 5.56 Å². The molecule has 17 heavy (non-hydrogen) atoms. The van der Waals surface area contributed by atoms with Crippen LogP contribution < -0.4 is 4.74 Å². The summed E-state index contributed by atoms with van der Waals surface area (Å²) in [6.45, 7) is -3.11. The molecule has 0 amide bonds. The molecule has 0 saturated heterocycles. The molecular weight excluding hydrogens is 305 g/mol. The predicted octanol–water partition coefficient (Wildman–Crippen LogP) is 2.91. The lowest BCUT2D eigenvalue weighted by atomic mass is 10.1. The van der Waals surface area contributed by atoms with Crippen molar-refractivity contribution < 1.29 is 27.4 Å². The Kier molecular flexibility index (Phi) is 4.80. The van der Waals surface area contributed by atoms with Crippen molar-refractivity contribution in [1.82, 2.24) is 0 Å². The van der Waals surface area contributed by atoms with Crippen molar-refractivity contribution in [2.75, 3.05) is 7.11 Å². The number of benzene rings is 1. The summed E-state index contributed by atoms with van der Waals surface area (Å²) in [5.74, 6) is -1.96. The van der Waals surface area contributed by atoms with Crippen LogP contribution in [0.1, 0.15) is 5.56 Å². The number of halogens is 4. The van der Waals surface area contributed by atoms with Gasteiger partial charge in [0.15, 0.2) is 0 Å². The number of hydrogen-bond acceptors (Lipinski definition) is 3. The van der Waals surface area contributed by atoms with E-state index in [-0.39, 0.29) is 10.0 Å². The summed E-state index contributed by atoms with van der Waals surface area (Å²) >= 11 is 2.94. The number of alkyl halides is 2. The molecule has 0 bridgehead atoms. The molecule has 1 aromatic rings. The van der Waals surface area contributed by atoms with Crippen LogP contribution in [-0.4, -0.2) is 19.7 Å².